The molecule has 4 aromatic rings. The smallest absolute Gasteiger partial charge is 0.234 e. The van der Waals surface area contributed by atoms with Gasteiger partial charge in [-0.05, 0) is 61.0 Å². The van der Waals surface area contributed by atoms with Crippen molar-refractivity contribution < 1.29 is 23.0 Å². The maximum absolute atomic E-state index is 14.7. The number of benzene rings is 3. The third kappa shape index (κ3) is 5.96. The first-order valence-corrected chi connectivity index (χ1v) is 11.6. The maximum Gasteiger partial charge on any atom is 0.234 e. The zero-order valence-corrected chi connectivity index (χ0v) is 19.8. The van der Waals surface area contributed by atoms with Gasteiger partial charge in [0, 0.05) is 5.69 Å². The lowest BCUT2D eigenvalue weighted by Crippen LogP contribution is -2.16. The summed E-state index contributed by atoms with van der Waals surface area (Å²) in [4.78, 5) is 12.5. The summed E-state index contributed by atoms with van der Waals surface area (Å²) in [5.41, 5.74) is 1.35. The first kappa shape index (κ1) is 24.2. The fourth-order valence-electron chi connectivity index (χ4n) is 3.23. The third-order valence-electron chi connectivity index (χ3n) is 5.03. The highest BCUT2D eigenvalue weighted by atomic mass is 32.2. The van der Waals surface area contributed by atoms with Gasteiger partial charge < -0.3 is 14.8 Å². The molecule has 7 nitrogen and oxygen atoms in total. The largest absolute Gasteiger partial charge is 0.497 e. The molecule has 10 heteroatoms. The molecule has 1 N–H and O–H groups in total. The van der Waals surface area contributed by atoms with Crippen LogP contribution in [0.15, 0.2) is 71.9 Å². The van der Waals surface area contributed by atoms with E-state index in [0.717, 1.165) is 17.3 Å². The standard InChI is InChI=1S/C25H22F2N4O3S/c1-16-7-8-17(26)13-21(16)28-24(32)15-35-25-30-29-23(31(25)22-6-4-3-5-20(22)27)14-34-19-11-9-18(33-2)10-12-19/h3-13H,14-15H2,1-2H3,(H,28,32). The van der Waals surface area contributed by atoms with Crippen molar-refractivity contribution in [1.82, 2.24) is 14.8 Å². The van der Waals surface area contributed by atoms with Gasteiger partial charge in [0.2, 0.25) is 5.91 Å². The van der Waals surface area contributed by atoms with Crippen LogP contribution in [0.1, 0.15) is 11.4 Å². The van der Waals surface area contributed by atoms with Gasteiger partial charge in [-0.25, -0.2) is 8.78 Å². The second kappa shape index (κ2) is 11.0. The molecule has 0 saturated heterocycles. The molecule has 0 aliphatic carbocycles. The number of aromatic nitrogens is 3. The fraction of sp³-hybridized carbons (Fsp3) is 0.160. The van der Waals surface area contributed by atoms with Crippen molar-refractivity contribution in [3.63, 3.8) is 0 Å². The van der Waals surface area contributed by atoms with Gasteiger partial charge in [0.25, 0.3) is 0 Å². The number of nitrogens with zero attached hydrogens (tertiary/aromatic N) is 3. The summed E-state index contributed by atoms with van der Waals surface area (Å²) in [5.74, 6) is 0.309. The van der Waals surface area contributed by atoms with Gasteiger partial charge in [0.05, 0.1) is 18.6 Å². The molecular formula is C25H22F2N4O3S. The summed E-state index contributed by atoms with van der Waals surface area (Å²) in [5, 5.41) is 11.3. The fourth-order valence-corrected chi connectivity index (χ4v) is 3.99. The van der Waals surface area contributed by atoms with Crippen LogP contribution in [0, 0.1) is 18.6 Å². The second-order valence-electron chi connectivity index (χ2n) is 7.45. The molecule has 1 heterocycles. The highest BCUT2D eigenvalue weighted by Gasteiger charge is 2.19. The number of rotatable bonds is 9. The lowest BCUT2D eigenvalue weighted by atomic mass is 10.2. The van der Waals surface area contributed by atoms with E-state index in [1.165, 1.54) is 22.8 Å². The van der Waals surface area contributed by atoms with Crippen molar-refractivity contribution >= 4 is 23.4 Å². The van der Waals surface area contributed by atoms with E-state index in [-0.39, 0.29) is 24.0 Å². The van der Waals surface area contributed by atoms with E-state index in [1.54, 1.807) is 62.6 Å². The Kier molecular flexibility index (Phi) is 7.61. The van der Waals surface area contributed by atoms with Crippen LogP contribution in [0.3, 0.4) is 0 Å². The molecule has 3 aromatic carbocycles. The van der Waals surface area contributed by atoms with Crippen molar-refractivity contribution in [3.05, 3.63) is 89.8 Å². The number of hydrogen-bond acceptors (Lipinski definition) is 6. The van der Waals surface area contributed by atoms with Crippen molar-refractivity contribution in [3.8, 4) is 17.2 Å². The van der Waals surface area contributed by atoms with Gasteiger partial charge in [0.1, 0.15) is 29.7 Å². The van der Waals surface area contributed by atoms with Crippen LogP contribution >= 0.6 is 11.8 Å². The lowest BCUT2D eigenvalue weighted by molar-refractivity contribution is -0.113. The third-order valence-corrected chi connectivity index (χ3v) is 5.96. The highest BCUT2D eigenvalue weighted by Crippen LogP contribution is 2.26. The van der Waals surface area contributed by atoms with Gasteiger partial charge in [-0.1, -0.05) is 30.0 Å². The molecular weight excluding hydrogens is 474 g/mol. The number of hydrogen-bond donors (Lipinski definition) is 1. The van der Waals surface area contributed by atoms with E-state index >= 15 is 0 Å². The minimum Gasteiger partial charge on any atom is -0.497 e. The lowest BCUT2D eigenvalue weighted by Gasteiger charge is -2.12. The van der Waals surface area contributed by atoms with Crippen LogP contribution in [-0.2, 0) is 11.4 Å². The van der Waals surface area contributed by atoms with E-state index in [0.29, 0.717) is 28.2 Å². The second-order valence-corrected chi connectivity index (χ2v) is 8.39. The zero-order valence-electron chi connectivity index (χ0n) is 19.0. The molecule has 180 valence electrons. The number of methoxy groups -OCH3 is 1. The molecule has 0 saturated carbocycles. The molecule has 0 aliphatic rings. The summed E-state index contributed by atoms with van der Waals surface area (Å²) in [6.07, 6.45) is 0. The number of anilines is 1. The molecule has 0 atom stereocenters. The summed E-state index contributed by atoms with van der Waals surface area (Å²) in [7, 11) is 1.57. The maximum atomic E-state index is 14.7. The number of para-hydroxylation sites is 1. The van der Waals surface area contributed by atoms with Crippen LogP contribution < -0.4 is 14.8 Å². The van der Waals surface area contributed by atoms with Crippen molar-refractivity contribution in [1.29, 1.82) is 0 Å². The van der Waals surface area contributed by atoms with Crippen molar-refractivity contribution in [2.75, 3.05) is 18.2 Å². The first-order valence-electron chi connectivity index (χ1n) is 10.6. The number of carbonyl (C=O) groups is 1. The molecule has 0 bridgehead atoms. The van der Waals surface area contributed by atoms with Crippen LogP contribution in [0.2, 0.25) is 0 Å². The Labute approximate surface area is 205 Å². The van der Waals surface area contributed by atoms with Crippen molar-refractivity contribution in [2.24, 2.45) is 0 Å². The molecule has 1 aromatic heterocycles. The molecule has 0 radical (unpaired) electrons. The predicted molar refractivity (Wildman–Crippen MR) is 129 cm³/mol. The molecule has 0 unspecified atom stereocenters. The quantitative estimate of drug-likeness (QED) is 0.322. The number of nitrogens with one attached hydrogen (secondary N) is 1. The van der Waals surface area contributed by atoms with E-state index in [9.17, 15) is 13.6 Å². The average Bonchev–Trinajstić information content (AvgIpc) is 3.27. The number of amides is 1. The Morgan fingerprint density at radius 1 is 1.03 bits per heavy atom. The summed E-state index contributed by atoms with van der Waals surface area (Å²) < 4.78 is 40.7. The SMILES string of the molecule is COc1ccc(OCc2nnc(SCC(=O)Nc3cc(F)ccc3C)n2-c2ccccc2F)cc1. The normalized spacial score (nSPS) is 10.7. The van der Waals surface area contributed by atoms with Crippen LogP contribution in [-0.4, -0.2) is 33.5 Å². The Morgan fingerprint density at radius 2 is 1.77 bits per heavy atom. The van der Waals surface area contributed by atoms with Gasteiger partial charge in [-0.2, -0.15) is 0 Å². The van der Waals surface area contributed by atoms with Crippen LogP contribution in [0.25, 0.3) is 5.69 Å². The Bertz CT molecular complexity index is 1330. The van der Waals surface area contributed by atoms with Gasteiger partial charge in [0.15, 0.2) is 11.0 Å². The van der Waals surface area contributed by atoms with Gasteiger partial charge in [-0.3, -0.25) is 9.36 Å². The monoisotopic (exact) mass is 496 g/mol. The molecule has 0 aliphatic heterocycles. The number of ether oxygens (including phenoxy) is 2. The highest BCUT2D eigenvalue weighted by molar-refractivity contribution is 7.99. The molecule has 35 heavy (non-hydrogen) atoms. The molecule has 1 amide bonds. The molecule has 4 rings (SSSR count). The Hall–Kier alpha value is -3.92. The summed E-state index contributed by atoms with van der Waals surface area (Å²) in [6.45, 7) is 1.79. The number of halogens is 2. The van der Waals surface area contributed by atoms with Gasteiger partial charge >= 0.3 is 0 Å². The number of carbonyl (C=O) groups excluding carboxylic acids is 1. The molecule has 0 fully saturated rings. The number of thioether (sulfide) groups is 1. The topological polar surface area (TPSA) is 78.3 Å². The first-order chi connectivity index (χ1) is 16.9. The van der Waals surface area contributed by atoms with Crippen molar-refractivity contribution in [2.45, 2.75) is 18.7 Å². The van der Waals surface area contributed by atoms with Crippen LogP contribution in [0.5, 0.6) is 11.5 Å². The Balaban J connectivity index is 1.52. The minimum absolute atomic E-state index is 0.0168. The van der Waals surface area contributed by atoms with E-state index < -0.39 is 11.6 Å². The van der Waals surface area contributed by atoms with E-state index in [2.05, 4.69) is 15.5 Å². The van der Waals surface area contributed by atoms with Crippen LogP contribution in [0.4, 0.5) is 14.5 Å². The minimum atomic E-state index is -0.473. The number of aryl methyl sites for hydroxylation is 1. The predicted octanol–water partition coefficient (Wildman–Crippen LogP) is 5.17. The molecule has 0 spiro atoms. The average molecular weight is 497 g/mol. The zero-order chi connectivity index (χ0) is 24.8. The van der Waals surface area contributed by atoms with Gasteiger partial charge in [-0.15, -0.1) is 10.2 Å². The summed E-state index contributed by atoms with van der Waals surface area (Å²) in [6, 6.07) is 17.4. The van der Waals surface area contributed by atoms with E-state index in [4.69, 9.17) is 9.47 Å². The summed E-state index contributed by atoms with van der Waals surface area (Å²) >= 11 is 1.08. The Morgan fingerprint density at radius 3 is 2.51 bits per heavy atom. The van der Waals surface area contributed by atoms with E-state index in [1.807, 2.05) is 0 Å².